The smallest absolute Gasteiger partial charge is 0.261 e. The van der Waals surface area contributed by atoms with Crippen molar-refractivity contribution in [1.82, 2.24) is 0 Å². The lowest BCUT2D eigenvalue weighted by atomic mass is 12.6. The van der Waals surface area contributed by atoms with Crippen molar-refractivity contribution in [2.75, 3.05) is 0 Å². The van der Waals surface area contributed by atoms with Gasteiger partial charge in [-0.25, -0.2) is 0 Å². The van der Waals surface area contributed by atoms with Crippen molar-refractivity contribution in [3.8, 4) is 0 Å². The predicted molar refractivity (Wildman–Crippen MR) is 38.9 cm³/mol. The van der Waals surface area contributed by atoms with E-state index in [1.54, 1.807) is 0 Å². The molecule has 0 aromatic rings. The van der Waals surface area contributed by atoms with Crippen LogP contribution in [0.3, 0.4) is 0 Å². The molecule has 0 aliphatic rings. The Morgan fingerprint density at radius 1 is 0.750 bits per heavy atom. The van der Waals surface area contributed by atoms with Crippen molar-refractivity contribution in [1.29, 1.82) is 0 Å². The molecule has 0 aliphatic heterocycles. The Bertz CT molecular complexity index is 239. The maximum absolute atomic E-state index is 4.72. The molecular weight excluding hydrogens is 185 g/mol. The summed E-state index contributed by atoms with van der Waals surface area (Å²) in [5.41, 5.74) is 0. The van der Waals surface area contributed by atoms with Crippen LogP contribution in [0.2, 0.25) is 0 Å². The monoisotopic (exact) mass is 191 g/mol. The minimum Gasteiger partial charge on any atom is -0.304 e. The normalized spacial score (nSPS) is 14.2. The van der Waals surface area contributed by atoms with Crippen molar-refractivity contribution in [3.63, 3.8) is 0 Å². The van der Waals surface area contributed by atoms with Gasteiger partial charge in [-0.05, 0) is 10.4 Å². The van der Waals surface area contributed by atoms with Crippen LogP contribution in [0, 0.1) is 0 Å². The Balaban J connectivity index is 4.64. The van der Waals surface area contributed by atoms with Crippen LogP contribution in [0.15, 0.2) is 40.7 Å². The molecule has 66 valence electrons. The van der Waals surface area contributed by atoms with E-state index in [-0.39, 0.29) is 0 Å². The molecule has 0 bridgehead atoms. The first-order valence-corrected chi connectivity index (χ1v) is 3.57. The van der Waals surface area contributed by atoms with Crippen LogP contribution in [-0.4, -0.2) is 0 Å². The molecule has 0 atom stereocenters. The van der Waals surface area contributed by atoms with Gasteiger partial charge in [0.15, 0.2) is 0 Å². The van der Waals surface area contributed by atoms with Crippen molar-refractivity contribution >= 4 is 7.66 Å². The highest BCUT2D eigenvalue weighted by Crippen LogP contribution is 2.17. The quantitative estimate of drug-likeness (QED) is 0.255. The highest BCUT2D eigenvalue weighted by atomic mass is 31.1. The van der Waals surface area contributed by atoms with Gasteiger partial charge in [0, 0.05) is 0 Å². The first kappa shape index (κ1) is 10.1. The van der Waals surface area contributed by atoms with Gasteiger partial charge < -0.3 is 17.5 Å². The maximum Gasteiger partial charge on any atom is 0.261 e. The molecule has 0 fully saturated rings. The zero-order valence-electron chi connectivity index (χ0n) is 5.76. The van der Waals surface area contributed by atoms with Gasteiger partial charge in [-0.3, -0.25) is 0 Å². The minimum absolute atomic E-state index is 1.67. The number of nitrogens with two attached hydrogens (primary N) is 3. The fourth-order valence-electron chi connectivity index (χ4n) is 0.218. The Morgan fingerprint density at radius 3 is 1.58 bits per heavy atom. The van der Waals surface area contributed by atoms with E-state index in [9.17, 15) is 0 Å². The van der Waals surface area contributed by atoms with Gasteiger partial charge in [-0.1, -0.05) is 30.3 Å². The number of hydrogen-bond donors (Lipinski definition) is 3. The van der Waals surface area contributed by atoms with E-state index in [0.717, 1.165) is 0 Å². The molecule has 0 heterocycles. The maximum atomic E-state index is 4.72. The first-order valence-electron chi connectivity index (χ1n) is 2.37. The summed E-state index contributed by atoms with van der Waals surface area (Å²) in [6, 6.07) is 0. The second kappa shape index (κ2) is 7.21. The van der Waals surface area contributed by atoms with Crippen LogP contribution in [0.25, 0.3) is 0 Å². The number of rotatable bonds is 3. The van der Waals surface area contributed by atoms with Gasteiger partial charge in [0.2, 0.25) is 0 Å². The fourth-order valence-corrected chi connectivity index (χ4v) is 0.653. The van der Waals surface area contributed by atoms with E-state index in [1.807, 2.05) is 0 Å². The molecule has 0 amide bonds. The second-order valence-corrected chi connectivity index (χ2v) is 2.14. The van der Waals surface area contributed by atoms with Crippen molar-refractivity contribution in [2.45, 2.75) is 0 Å². The van der Waals surface area contributed by atoms with Crippen LogP contribution in [0.1, 0.15) is 0 Å². The average Bonchev–Trinajstić information content (AvgIpc) is 2.10. The molecule has 12 heteroatoms. The van der Waals surface area contributed by atoms with E-state index in [0.29, 0.717) is 0 Å². The molecule has 0 unspecified atom stereocenters. The van der Waals surface area contributed by atoms with E-state index in [4.69, 9.17) is 5.84 Å². The number of hydrogen-bond acceptors (Lipinski definition) is 3. The summed E-state index contributed by atoms with van der Waals surface area (Å²) in [5, 5.41) is 14.7. The molecular formula is H6N11P. The minimum atomic E-state index is -1.67. The summed E-state index contributed by atoms with van der Waals surface area (Å²) in [6.45, 7) is 0. The van der Waals surface area contributed by atoms with E-state index < -0.39 is 7.66 Å². The lowest BCUT2D eigenvalue weighted by Crippen LogP contribution is -1.72. The van der Waals surface area contributed by atoms with Gasteiger partial charge in [0.1, 0.15) is 0 Å². The van der Waals surface area contributed by atoms with E-state index >= 15 is 0 Å². The molecule has 0 radical (unpaired) electrons. The van der Waals surface area contributed by atoms with Crippen LogP contribution < -0.4 is 17.5 Å². The lowest BCUT2D eigenvalue weighted by molar-refractivity contribution is 0.947. The molecule has 0 rings (SSSR count). The summed E-state index contributed by atoms with van der Waals surface area (Å²) in [7, 11) is -1.67. The largest absolute Gasteiger partial charge is 0.304 e. The summed E-state index contributed by atoms with van der Waals surface area (Å²) in [5.74, 6) is 14.0. The SMILES string of the molecule is N/N=N/N=P(=N\N=N\N)\N=N\N. The molecule has 0 aromatic carbocycles. The first-order chi connectivity index (χ1) is 5.85. The fraction of sp³-hybridized carbons (Fsp3) is 0. The van der Waals surface area contributed by atoms with E-state index in [1.165, 1.54) is 0 Å². The molecule has 6 N–H and O–H groups in total. The zero-order valence-corrected chi connectivity index (χ0v) is 6.65. The van der Waals surface area contributed by atoms with Gasteiger partial charge in [0.05, 0.1) is 0 Å². The lowest BCUT2D eigenvalue weighted by Gasteiger charge is -1.75. The van der Waals surface area contributed by atoms with Crippen molar-refractivity contribution < 1.29 is 0 Å². The summed E-state index contributed by atoms with van der Waals surface area (Å²) in [6.07, 6.45) is 0. The zero-order chi connectivity index (χ0) is 9.23. The Morgan fingerprint density at radius 2 is 1.25 bits per heavy atom. The second-order valence-electron chi connectivity index (χ2n) is 1.06. The molecule has 0 aliphatic carbocycles. The van der Waals surface area contributed by atoms with Crippen molar-refractivity contribution in [3.05, 3.63) is 0 Å². The summed E-state index contributed by atoms with van der Waals surface area (Å²) < 4.78 is 0. The van der Waals surface area contributed by atoms with Gasteiger partial charge in [-0.2, -0.15) is 0 Å². The van der Waals surface area contributed by atoms with Crippen LogP contribution in [0.5, 0.6) is 0 Å². The predicted octanol–water partition coefficient (Wildman–Crippen LogP) is 0.558. The standard InChI is InChI=1S/H6N11P/c1-4-7-10-12(9-6-3)11-8-5-2/h(H2,1,7)(H2,2,8)(H2,3,4,5,9,10,11). The highest BCUT2D eigenvalue weighted by molar-refractivity contribution is 7.34. The van der Waals surface area contributed by atoms with Crippen LogP contribution >= 0.6 is 7.66 Å². The van der Waals surface area contributed by atoms with Gasteiger partial charge in [0.25, 0.3) is 7.66 Å². The summed E-state index contributed by atoms with van der Waals surface area (Å²) >= 11 is 0. The van der Waals surface area contributed by atoms with Crippen molar-refractivity contribution in [2.24, 2.45) is 58.2 Å². The molecule has 0 saturated heterocycles. The molecule has 0 aromatic heterocycles. The highest BCUT2D eigenvalue weighted by Gasteiger charge is 1.79. The topological polar surface area (TPSA) is 177 Å². The van der Waals surface area contributed by atoms with Gasteiger partial charge >= 0.3 is 0 Å². The Kier molecular flexibility index (Phi) is 6.07. The molecule has 12 heavy (non-hydrogen) atoms. The molecule has 0 saturated carbocycles. The average molecular weight is 191 g/mol. The third kappa shape index (κ3) is 4.93. The summed E-state index contributed by atoms with van der Waals surface area (Å²) in [4.78, 5) is 10.0. The number of nitrogens with zero attached hydrogens (tertiary/aromatic N) is 8. The van der Waals surface area contributed by atoms with E-state index in [2.05, 4.69) is 52.4 Å². The molecule has 11 nitrogen and oxygen atoms in total. The third-order valence-corrected chi connectivity index (χ3v) is 1.22. The Labute approximate surface area is 67.0 Å². The van der Waals surface area contributed by atoms with Crippen LogP contribution in [0.4, 0.5) is 0 Å². The third-order valence-electron chi connectivity index (χ3n) is 0.475. The molecule has 0 spiro atoms. The Hall–Kier alpha value is -1.90. The van der Waals surface area contributed by atoms with Gasteiger partial charge in [-0.15, -0.1) is 0 Å². The van der Waals surface area contributed by atoms with Crippen LogP contribution in [-0.2, 0) is 0 Å².